The fourth-order valence-electron chi connectivity index (χ4n) is 3.88. The van der Waals surface area contributed by atoms with Crippen LogP contribution in [0.1, 0.15) is 45.0 Å². The van der Waals surface area contributed by atoms with Gasteiger partial charge >= 0.3 is 0 Å². The van der Waals surface area contributed by atoms with E-state index in [9.17, 15) is 9.59 Å². The summed E-state index contributed by atoms with van der Waals surface area (Å²) in [6.07, 6.45) is 2.92. The summed E-state index contributed by atoms with van der Waals surface area (Å²) in [7, 11) is 4.52. The van der Waals surface area contributed by atoms with E-state index >= 15 is 0 Å². The standard InChI is InChI=1S/C27H31N3O6/c1-33-23-13-20(14-24(34-2)25(23)35-3)27(32)30(12-11-18-7-5-4-6-8-18)17-21-15-22(29-36-21)26(31)28-16-19-9-10-19/h4-8,13-15,19H,9-12,16-17H2,1-3H3,(H,28,31). The first-order chi connectivity index (χ1) is 17.5. The highest BCUT2D eigenvalue weighted by Crippen LogP contribution is 2.38. The van der Waals surface area contributed by atoms with Crippen molar-refractivity contribution >= 4 is 11.8 Å². The highest BCUT2D eigenvalue weighted by atomic mass is 16.5. The molecule has 9 heteroatoms. The third-order valence-electron chi connectivity index (χ3n) is 6.10. The molecule has 0 radical (unpaired) electrons. The number of hydrogen-bond donors (Lipinski definition) is 1. The number of aromatic nitrogens is 1. The van der Waals surface area contributed by atoms with Crippen LogP contribution in [0.3, 0.4) is 0 Å². The van der Waals surface area contributed by atoms with Gasteiger partial charge in [-0.1, -0.05) is 35.5 Å². The summed E-state index contributed by atoms with van der Waals surface area (Å²) in [5, 5.41) is 6.79. The van der Waals surface area contributed by atoms with Gasteiger partial charge in [-0.3, -0.25) is 9.59 Å². The molecule has 0 saturated heterocycles. The van der Waals surface area contributed by atoms with Crippen LogP contribution in [-0.4, -0.2) is 56.3 Å². The molecule has 0 spiro atoms. The summed E-state index contributed by atoms with van der Waals surface area (Å²) in [4.78, 5) is 27.7. The van der Waals surface area contributed by atoms with Crippen LogP contribution in [-0.2, 0) is 13.0 Å². The first kappa shape index (κ1) is 25.1. The normalized spacial score (nSPS) is 12.6. The molecule has 0 bridgehead atoms. The number of hydrogen-bond acceptors (Lipinski definition) is 7. The molecule has 1 heterocycles. The highest BCUT2D eigenvalue weighted by Gasteiger charge is 2.25. The van der Waals surface area contributed by atoms with E-state index < -0.39 is 0 Å². The summed E-state index contributed by atoms with van der Waals surface area (Å²) >= 11 is 0. The molecular weight excluding hydrogens is 462 g/mol. The van der Waals surface area contributed by atoms with E-state index in [1.807, 2.05) is 30.3 Å². The van der Waals surface area contributed by atoms with E-state index in [0.29, 0.717) is 54.0 Å². The Bertz CT molecular complexity index is 1160. The summed E-state index contributed by atoms with van der Waals surface area (Å²) < 4.78 is 21.7. The molecule has 9 nitrogen and oxygen atoms in total. The largest absolute Gasteiger partial charge is 0.493 e. The zero-order valence-electron chi connectivity index (χ0n) is 20.8. The van der Waals surface area contributed by atoms with Crippen molar-refractivity contribution < 1.29 is 28.3 Å². The minimum Gasteiger partial charge on any atom is -0.493 e. The fourth-order valence-corrected chi connectivity index (χ4v) is 3.88. The van der Waals surface area contributed by atoms with Gasteiger partial charge in [0.2, 0.25) is 5.75 Å². The molecule has 1 aromatic heterocycles. The lowest BCUT2D eigenvalue weighted by atomic mass is 10.1. The summed E-state index contributed by atoms with van der Waals surface area (Å²) in [5.41, 5.74) is 1.67. The second-order valence-electron chi connectivity index (χ2n) is 8.71. The van der Waals surface area contributed by atoms with Gasteiger partial charge in [-0.2, -0.15) is 0 Å². The van der Waals surface area contributed by atoms with E-state index in [0.717, 1.165) is 18.4 Å². The van der Waals surface area contributed by atoms with E-state index in [4.69, 9.17) is 18.7 Å². The number of carbonyl (C=O) groups is 2. The molecule has 0 atom stereocenters. The molecule has 1 N–H and O–H groups in total. The van der Waals surface area contributed by atoms with E-state index in [2.05, 4.69) is 10.5 Å². The molecule has 4 rings (SSSR count). The molecule has 2 amide bonds. The lowest BCUT2D eigenvalue weighted by Gasteiger charge is -2.23. The molecule has 1 aliphatic carbocycles. The Kier molecular flexibility index (Phi) is 8.10. The maximum absolute atomic E-state index is 13.7. The molecule has 3 aromatic rings. The van der Waals surface area contributed by atoms with Gasteiger partial charge in [0, 0.05) is 24.7 Å². The Labute approximate surface area is 210 Å². The molecular formula is C27H31N3O6. The lowest BCUT2D eigenvalue weighted by Crippen LogP contribution is -2.32. The Morgan fingerprint density at radius 1 is 1.03 bits per heavy atom. The van der Waals surface area contributed by atoms with Crippen LogP contribution < -0.4 is 19.5 Å². The van der Waals surface area contributed by atoms with Crippen LogP contribution in [0.15, 0.2) is 53.1 Å². The average molecular weight is 494 g/mol. The molecule has 1 saturated carbocycles. The molecule has 36 heavy (non-hydrogen) atoms. The van der Waals surface area contributed by atoms with Crippen molar-refractivity contribution in [3.63, 3.8) is 0 Å². The van der Waals surface area contributed by atoms with Crippen LogP contribution in [0.5, 0.6) is 17.2 Å². The SMILES string of the molecule is COc1cc(C(=O)N(CCc2ccccc2)Cc2cc(C(=O)NCC3CC3)no2)cc(OC)c1OC. The van der Waals surface area contributed by atoms with Crippen LogP contribution in [0.2, 0.25) is 0 Å². The molecule has 1 fully saturated rings. The maximum Gasteiger partial charge on any atom is 0.273 e. The average Bonchev–Trinajstić information content (AvgIpc) is 3.64. The van der Waals surface area contributed by atoms with Crippen LogP contribution >= 0.6 is 0 Å². The number of nitrogens with one attached hydrogen (secondary N) is 1. The van der Waals surface area contributed by atoms with Crippen molar-refractivity contribution in [1.82, 2.24) is 15.4 Å². The quantitative estimate of drug-likeness (QED) is 0.410. The van der Waals surface area contributed by atoms with Crippen LogP contribution in [0.4, 0.5) is 0 Å². The Morgan fingerprint density at radius 3 is 2.33 bits per heavy atom. The minimum absolute atomic E-state index is 0.144. The van der Waals surface area contributed by atoms with Crippen LogP contribution in [0, 0.1) is 5.92 Å². The third-order valence-corrected chi connectivity index (χ3v) is 6.10. The number of ether oxygens (including phenoxy) is 3. The second-order valence-corrected chi connectivity index (χ2v) is 8.71. The highest BCUT2D eigenvalue weighted by molar-refractivity contribution is 5.96. The third kappa shape index (κ3) is 6.16. The van der Waals surface area contributed by atoms with Crippen molar-refractivity contribution in [2.45, 2.75) is 25.8 Å². The van der Waals surface area contributed by atoms with Gasteiger partial charge in [0.25, 0.3) is 11.8 Å². The predicted molar refractivity (Wildman–Crippen MR) is 133 cm³/mol. The second kappa shape index (κ2) is 11.6. The lowest BCUT2D eigenvalue weighted by molar-refractivity contribution is 0.0728. The van der Waals surface area contributed by atoms with Gasteiger partial charge in [0.15, 0.2) is 23.0 Å². The molecule has 190 valence electrons. The number of benzene rings is 2. The van der Waals surface area contributed by atoms with Gasteiger partial charge in [-0.05, 0) is 42.9 Å². The Hall–Kier alpha value is -4.01. The zero-order valence-corrected chi connectivity index (χ0v) is 20.8. The van der Waals surface area contributed by atoms with E-state index in [1.165, 1.54) is 21.3 Å². The van der Waals surface area contributed by atoms with Gasteiger partial charge in [0.05, 0.1) is 27.9 Å². The van der Waals surface area contributed by atoms with Crippen LogP contribution in [0.25, 0.3) is 0 Å². The molecule has 0 aliphatic heterocycles. The number of methoxy groups -OCH3 is 3. The number of amides is 2. The number of nitrogens with zero attached hydrogens (tertiary/aromatic N) is 2. The fraction of sp³-hybridized carbons (Fsp3) is 0.370. The van der Waals surface area contributed by atoms with Crippen molar-refractivity contribution in [2.75, 3.05) is 34.4 Å². The van der Waals surface area contributed by atoms with E-state index in [-0.39, 0.29) is 24.1 Å². The topological polar surface area (TPSA) is 103 Å². The van der Waals surface area contributed by atoms with Gasteiger partial charge in [-0.25, -0.2) is 0 Å². The first-order valence-corrected chi connectivity index (χ1v) is 11.9. The predicted octanol–water partition coefficient (Wildman–Crippen LogP) is 3.73. The molecule has 0 unspecified atom stereocenters. The monoisotopic (exact) mass is 493 g/mol. The van der Waals surface area contributed by atoms with Crippen molar-refractivity contribution in [3.8, 4) is 17.2 Å². The first-order valence-electron chi connectivity index (χ1n) is 11.9. The Morgan fingerprint density at radius 2 is 1.72 bits per heavy atom. The smallest absolute Gasteiger partial charge is 0.273 e. The van der Waals surface area contributed by atoms with Crippen molar-refractivity contribution in [3.05, 3.63) is 71.1 Å². The number of rotatable bonds is 12. The van der Waals surface area contributed by atoms with Crippen molar-refractivity contribution in [2.24, 2.45) is 5.92 Å². The van der Waals surface area contributed by atoms with E-state index in [1.54, 1.807) is 23.1 Å². The zero-order chi connectivity index (χ0) is 25.5. The summed E-state index contributed by atoms with van der Waals surface area (Å²) in [6.45, 7) is 1.21. The molecule has 2 aromatic carbocycles. The van der Waals surface area contributed by atoms with Gasteiger partial charge in [-0.15, -0.1) is 0 Å². The van der Waals surface area contributed by atoms with Gasteiger partial charge in [0.1, 0.15) is 0 Å². The maximum atomic E-state index is 13.7. The van der Waals surface area contributed by atoms with Gasteiger partial charge < -0.3 is 29.0 Å². The number of carbonyl (C=O) groups excluding carboxylic acids is 2. The summed E-state index contributed by atoms with van der Waals surface area (Å²) in [5.74, 6) is 1.63. The molecule has 1 aliphatic rings. The van der Waals surface area contributed by atoms with Crippen molar-refractivity contribution in [1.29, 1.82) is 0 Å². The summed E-state index contributed by atoms with van der Waals surface area (Å²) in [6, 6.07) is 14.7. The Balaban J connectivity index is 1.55. The minimum atomic E-state index is -0.274.